The topological polar surface area (TPSA) is 55.1 Å². The molecule has 0 fully saturated rings. The first-order chi connectivity index (χ1) is 7.00. The number of hydrogen-bond acceptors (Lipinski definition) is 3. The zero-order chi connectivity index (χ0) is 11.9. The highest BCUT2D eigenvalue weighted by Gasteiger charge is 2.29. The third kappa shape index (κ3) is 4.89. The molecule has 90 valence electrons. The van der Waals surface area contributed by atoms with Gasteiger partial charge in [-0.05, 0) is 30.8 Å². The van der Waals surface area contributed by atoms with Crippen molar-refractivity contribution < 1.29 is 4.79 Å². The van der Waals surface area contributed by atoms with Crippen molar-refractivity contribution in [3.63, 3.8) is 0 Å². The van der Waals surface area contributed by atoms with E-state index in [1.54, 1.807) is 11.8 Å². The molecule has 3 N–H and O–H groups in total. The molecule has 0 saturated heterocycles. The van der Waals surface area contributed by atoms with Gasteiger partial charge in [-0.15, -0.1) is 0 Å². The van der Waals surface area contributed by atoms with Crippen molar-refractivity contribution >= 4 is 17.7 Å². The normalized spacial score (nSPS) is 13.7. The summed E-state index contributed by atoms with van der Waals surface area (Å²) in [5, 5.41) is 2.93. The van der Waals surface area contributed by atoms with Crippen molar-refractivity contribution in [1.82, 2.24) is 5.32 Å². The molecule has 0 rings (SSSR count). The number of amides is 1. The average molecular weight is 232 g/mol. The molecule has 4 heteroatoms. The van der Waals surface area contributed by atoms with Gasteiger partial charge in [-0.25, -0.2) is 0 Å². The Hall–Kier alpha value is -0.220. The molecule has 0 aromatic rings. The van der Waals surface area contributed by atoms with Crippen LogP contribution in [0.2, 0.25) is 0 Å². The summed E-state index contributed by atoms with van der Waals surface area (Å²) in [7, 11) is 0. The third-order valence-electron chi connectivity index (χ3n) is 2.78. The molecule has 3 nitrogen and oxygen atoms in total. The van der Waals surface area contributed by atoms with Crippen molar-refractivity contribution in [3.8, 4) is 0 Å². The van der Waals surface area contributed by atoms with E-state index in [1.807, 2.05) is 13.8 Å². The molecular weight excluding hydrogens is 208 g/mol. The van der Waals surface area contributed by atoms with Gasteiger partial charge in [-0.2, -0.15) is 11.8 Å². The lowest BCUT2D eigenvalue weighted by molar-refractivity contribution is -0.126. The maximum absolute atomic E-state index is 11.8. The zero-order valence-corrected chi connectivity index (χ0v) is 11.1. The van der Waals surface area contributed by atoms with Crippen LogP contribution in [0.25, 0.3) is 0 Å². The maximum Gasteiger partial charge on any atom is 0.240 e. The molecule has 0 spiro atoms. The molecule has 0 saturated carbocycles. The quantitative estimate of drug-likeness (QED) is 0.701. The van der Waals surface area contributed by atoms with Crippen LogP contribution in [0.4, 0.5) is 0 Å². The van der Waals surface area contributed by atoms with Gasteiger partial charge < -0.3 is 11.1 Å². The molecule has 15 heavy (non-hydrogen) atoms. The van der Waals surface area contributed by atoms with E-state index in [0.29, 0.717) is 18.8 Å². The lowest BCUT2D eigenvalue weighted by Gasteiger charge is -2.26. The second-order valence-corrected chi connectivity index (χ2v) is 5.04. The Balaban J connectivity index is 4.02. The Bertz CT molecular complexity index is 193. The molecule has 1 unspecified atom stereocenters. The summed E-state index contributed by atoms with van der Waals surface area (Å²) in [6, 6.07) is 0. The molecule has 0 aliphatic carbocycles. The predicted octanol–water partition coefficient (Wildman–Crippen LogP) is 1.62. The number of rotatable bonds is 7. The molecule has 0 aromatic carbocycles. The smallest absolute Gasteiger partial charge is 0.240 e. The highest BCUT2D eigenvalue weighted by Crippen LogP contribution is 2.11. The van der Waals surface area contributed by atoms with E-state index in [-0.39, 0.29) is 5.91 Å². The second kappa shape index (κ2) is 7.12. The van der Waals surface area contributed by atoms with Gasteiger partial charge in [0.15, 0.2) is 0 Å². The van der Waals surface area contributed by atoms with E-state index in [9.17, 15) is 4.79 Å². The minimum atomic E-state index is -0.681. The maximum atomic E-state index is 11.8. The van der Waals surface area contributed by atoms with Crippen LogP contribution < -0.4 is 11.1 Å². The Labute approximate surface area is 97.6 Å². The Morgan fingerprint density at radius 2 is 2.00 bits per heavy atom. The fourth-order valence-corrected chi connectivity index (χ4v) is 2.04. The summed E-state index contributed by atoms with van der Waals surface area (Å²) in [4.78, 5) is 11.8. The number of nitrogens with two attached hydrogens (primary N) is 1. The first-order valence-electron chi connectivity index (χ1n) is 5.56. The molecular formula is C11H24N2OS. The van der Waals surface area contributed by atoms with Gasteiger partial charge in [-0.1, -0.05) is 20.8 Å². The number of hydrogen-bond donors (Lipinski definition) is 2. The monoisotopic (exact) mass is 232 g/mol. The average Bonchev–Trinajstić information content (AvgIpc) is 2.25. The van der Waals surface area contributed by atoms with Crippen LogP contribution in [0.15, 0.2) is 0 Å². The van der Waals surface area contributed by atoms with Crippen LogP contribution in [0.5, 0.6) is 0 Å². The van der Waals surface area contributed by atoms with Gasteiger partial charge in [0.1, 0.15) is 0 Å². The van der Waals surface area contributed by atoms with E-state index < -0.39 is 5.54 Å². The minimum Gasteiger partial charge on any atom is -0.354 e. The van der Waals surface area contributed by atoms with Gasteiger partial charge in [0.2, 0.25) is 5.91 Å². The van der Waals surface area contributed by atoms with Crippen molar-refractivity contribution in [2.24, 2.45) is 11.7 Å². The summed E-state index contributed by atoms with van der Waals surface area (Å²) in [5.41, 5.74) is 5.30. The molecule has 1 amide bonds. The van der Waals surface area contributed by atoms with Crippen molar-refractivity contribution in [3.05, 3.63) is 0 Å². The number of nitrogens with one attached hydrogen (secondary N) is 1. The van der Waals surface area contributed by atoms with Gasteiger partial charge in [0, 0.05) is 6.54 Å². The number of carbonyl (C=O) groups excluding carboxylic acids is 1. The highest BCUT2D eigenvalue weighted by atomic mass is 32.2. The van der Waals surface area contributed by atoms with E-state index in [2.05, 4.69) is 18.5 Å². The largest absolute Gasteiger partial charge is 0.354 e. The van der Waals surface area contributed by atoms with Crippen LogP contribution in [-0.2, 0) is 4.79 Å². The Morgan fingerprint density at radius 3 is 2.40 bits per heavy atom. The van der Waals surface area contributed by atoms with Crippen LogP contribution in [0.3, 0.4) is 0 Å². The van der Waals surface area contributed by atoms with Crippen LogP contribution >= 0.6 is 11.8 Å². The van der Waals surface area contributed by atoms with E-state index in [0.717, 1.165) is 12.3 Å². The molecule has 0 heterocycles. The molecule has 0 bridgehead atoms. The van der Waals surface area contributed by atoms with E-state index in [4.69, 9.17) is 5.73 Å². The van der Waals surface area contributed by atoms with Gasteiger partial charge in [0.05, 0.1) is 5.54 Å². The number of thioether (sulfide) groups is 1. The SMILES string of the molecule is CCC(N)(CC)C(=O)NCC(C)CSC. The first kappa shape index (κ1) is 14.8. The third-order valence-corrected chi connectivity index (χ3v) is 3.68. The number of carbonyl (C=O) groups is 1. The molecule has 0 aromatic heterocycles. The fraction of sp³-hybridized carbons (Fsp3) is 0.909. The molecule has 1 atom stereocenters. The van der Waals surface area contributed by atoms with Gasteiger partial charge in [-0.3, -0.25) is 4.79 Å². The summed E-state index contributed by atoms with van der Waals surface area (Å²) in [6.07, 6.45) is 3.45. The predicted molar refractivity (Wildman–Crippen MR) is 68.1 cm³/mol. The van der Waals surface area contributed by atoms with E-state index >= 15 is 0 Å². The van der Waals surface area contributed by atoms with Crippen LogP contribution in [0, 0.1) is 5.92 Å². The summed E-state index contributed by atoms with van der Waals surface area (Å²) < 4.78 is 0. The molecule has 0 radical (unpaired) electrons. The molecule has 0 aliphatic heterocycles. The summed E-state index contributed by atoms with van der Waals surface area (Å²) in [5.74, 6) is 1.55. The van der Waals surface area contributed by atoms with Gasteiger partial charge >= 0.3 is 0 Å². The lowest BCUT2D eigenvalue weighted by atomic mass is 9.93. The van der Waals surface area contributed by atoms with Crippen molar-refractivity contribution in [1.29, 1.82) is 0 Å². The van der Waals surface area contributed by atoms with E-state index in [1.165, 1.54) is 0 Å². The first-order valence-corrected chi connectivity index (χ1v) is 6.95. The standard InChI is InChI=1S/C11H24N2OS/c1-5-11(12,6-2)10(14)13-7-9(3)8-15-4/h9H,5-8,12H2,1-4H3,(H,13,14). The highest BCUT2D eigenvalue weighted by molar-refractivity contribution is 7.98. The fourth-order valence-electron chi connectivity index (χ4n) is 1.36. The lowest BCUT2D eigenvalue weighted by Crippen LogP contribution is -2.53. The Morgan fingerprint density at radius 1 is 1.47 bits per heavy atom. The van der Waals surface area contributed by atoms with Crippen molar-refractivity contribution in [2.75, 3.05) is 18.6 Å². The summed E-state index contributed by atoms with van der Waals surface area (Å²) >= 11 is 1.80. The minimum absolute atomic E-state index is 0.0135. The Kier molecular flexibility index (Phi) is 7.02. The van der Waals surface area contributed by atoms with Crippen LogP contribution in [-0.4, -0.2) is 30.0 Å². The van der Waals surface area contributed by atoms with Crippen molar-refractivity contribution in [2.45, 2.75) is 39.2 Å². The van der Waals surface area contributed by atoms with Gasteiger partial charge in [0.25, 0.3) is 0 Å². The summed E-state index contributed by atoms with van der Waals surface area (Å²) in [6.45, 7) is 6.76. The second-order valence-electron chi connectivity index (χ2n) is 4.13. The molecule has 0 aliphatic rings. The zero-order valence-electron chi connectivity index (χ0n) is 10.3. The van der Waals surface area contributed by atoms with Crippen LogP contribution in [0.1, 0.15) is 33.6 Å².